The second-order valence-corrected chi connectivity index (χ2v) is 9.28. The molecule has 174 valence electrons. The van der Waals surface area contributed by atoms with Crippen LogP contribution < -0.4 is 16.2 Å². The summed E-state index contributed by atoms with van der Waals surface area (Å²) < 4.78 is 3.14. The molecule has 0 bridgehead atoms. The number of hydrogen-bond donors (Lipinski definition) is 1. The molecule has 1 aliphatic heterocycles. The van der Waals surface area contributed by atoms with Crippen molar-refractivity contribution in [3.63, 3.8) is 0 Å². The summed E-state index contributed by atoms with van der Waals surface area (Å²) in [5.74, 6) is 0.549. The Bertz CT molecular complexity index is 1390. The molecule has 5 rings (SSSR count). The second-order valence-electron chi connectivity index (χ2n) is 8.84. The maximum atomic E-state index is 14.0. The first-order chi connectivity index (χ1) is 16.3. The van der Waals surface area contributed by atoms with Gasteiger partial charge in [0.25, 0.3) is 11.5 Å². The van der Waals surface area contributed by atoms with E-state index in [1.54, 1.807) is 67.3 Å². The fraction of sp³-hybridized carbons (Fsp3) is 0.280. The highest BCUT2D eigenvalue weighted by molar-refractivity contribution is 6.36. The van der Waals surface area contributed by atoms with Crippen LogP contribution >= 0.6 is 11.6 Å². The number of aryl methyl sites for hydroxylation is 3. The molecular weight excluding hydrogens is 452 g/mol. The number of nitrogens with two attached hydrogens (primary N) is 1. The van der Waals surface area contributed by atoms with E-state index < -0.39 is 6.04 Å². The quantitative estimate of drug-likeness (QED) is 0.582. The number of rotatable bonds is 4. The molecule has 8 nitrogen and oxygen atoms in total. The number of pyridine rings is 1. The van der Waals surface area contributed by atoms with Crippen LogP contribution in [-0.4, -0.2) is 26.0 Å². The summed E-state index contributed by atoms with van der Waals surface area (Å²) in [4.78, 5) is 33.0. The van der Waals surface area contributed by atoms with Gasteiger partial charge in [0.1, 0.15) is 6.04 Å². The van der Waals surface area contributed by atoms with Crippen molar-refractivity contribution < 1.29 is 4.79 Å². The van der Waals surface area contributed by atoms with Crippen molar-refractivity contribution in [3.8, 4) is 0 Å². The minimum Gasteiger partial charge on any atom is -0.401 e. The van der Waals surface area contributed by atoms with Gasteiger partial charge in [0.15, 0.2) is 5.82 Å². The summed E-state index contributed by atoms with van der Waals surface area (Å²) in [7, 11) is 3.48. The highest BCUT2D eigenvalue weighted by Crippen LogP contribution is 2.44. The molecule has 1 unspecified atom stereocenters. The van der Waals surface area contributed by atoms with Crippen LogP contribution in [0.2, 0.25) is 5.02 Å². The third kappa shape index (κ3) is 3.74. The maximum absolute atomic E-state index is 14.0. The molecule has 2 aliphatic rings. The van der Waals surface area contributed by atoms with E-state index in [0.29, 0.717) is 39.1 Å². The summed E-state index contributed by atoms with van der Waals surface area (Å²) in [5, 5.41) is 4.82. The van der Waals surface area contributed by atoms with Crippen LogP contribution in [-0.2, 0) is 18.9 Å². The molecule has 1 aromatic carbocycles. The fourth-order valence-corrected chi connectivity index (χ4v) is 4.53. The number of halogens is 1. The number of benzene rings is 1. The van der Waals surface area contributed by atoms with Gasteiger partial charge >= 0.3 is 0 Å². The number of allylic oxidation sites excluding steroid dienone is 1. The highest BCUT2D eigenvalue weighted by atomic mass is 35.5. The van der Waals surface area contributed by atoms with Gasteiger partial charge in [-0.25, -0.2) is 4.99 Å². The standard InChI is InChI=1S/C25H25ClN6O2/c1-14-12-18(13-30(2)24(14)33)32-23(16-6-8-17(26)9-7-16)22(29-19-10-11-28-31(19)3)20(25(32)34)21(27)15-4-5-15/h6-13,15,23H,4-5,27H2,1-3H3/b21-20+,29-22-. The number of hydrogen-bond acceptors (Lipinski definition) is 5. The zero-order valence-electron chi connectivity index (χ0n) is 19.2. The first kappa shape index (κ1) is 22.2. The van der Waals surface area contributed by atoms with Gasteiger partial charge in [0.05, 0.1) is 23.2 Å². The van der Waals surface area contributed by atoms with Crippen molar-refractivity contribution in [2.75, 3.05) is 4.90 Å². The zero-order valence-corrected chi connectivity index (χ0v) is 20.0. The van der Waals surface area contributed by atoms with Crippen LogP contribution in [0.4, 0.5) is 11.5 Å². The van der Waals surface area contributed by atoms with Crippen LogP contribution in [0.15, 0.2) is 69.8 Å². The topological polar surface area (TPSA) is 98.5 Å². The molecule has 3 aromatic rings. The Labute approximate surface area is 202 Å². The summed E-state index contributed by atoms with van der Waals surface area (Å²) >= 11 is 6.17. The average Bonchev–Trinajstić information content (AvgIpc) is 3.52. The molecule has 1 aliphatic carbocycles. The van der Waals surface area contributed by atoms with Crippen molar-refractivity contribution in [2.45, 2.75) is 25.8 Å². The van der Waals surface area contributed by atoms with E-state index in [-0.39, 0.29) is 17.4 Å². The SMILES string of the molecule is Cc1cc(N2C(=O)C(=C(/N)C3CC3)/C(=N/c3ccnn3C)C2c2ccc(Cl)cc2)cn(C)c1=O. The summed E-state index contributed by atoms with van der Waals surface area (Å²) in [6.45, 7) is 1.74. The summed E-state index contributed by atoms with van der Waals surface area (Å²) in [6.07, 6.45) is 5.24. The average molecular weight is 477 g/mol. The van der Waals surface area contributed by atoms with Gasteiger partial charge in [-0.2, -0.15) is 5.10 Å². The molecule has 9 heteroatoms. The third-order valence-electron chi connectivity index (χ3n) is 6.35. The number of anilines is 1. The van der Waals surface area contributed by atoms with Crippen LogP contribution in [0.1, 0.15) is 30.0 Å². The number of carbonyl (C=O) groups is 1. The second kappa shape index (κ2) is 8.29. The Balaban J connectivity index is 1.79. The molecule has 1 amide bonds. The van der Waals surface area contributed by atoms with Crippen molar-refractivity contribution in [1.29, 1.82) is 0 Å². The molecule has 0 radical (unpaired) electrons. The predicted molar refractivity (Wildman–Crippen MR) is 132 cm³/mol. The van der Waals surface area contributed by atoms with Crippen LogP contribution in [0.25, 0.3) is 0 Å². The largest absolute Gasteiger partial charge is 0.401 e. The minimum absolute atomic E-state index is 0.115. The zero-order chi connectivity index (χ0) is 24.1. The molecule has 2 aromatic heterocycles. The van der Waals surface area contributed by atoms with E-state index in [1.165, 1.54) is 4.57 Å². The first-order valence-corrected chi connectivity index (χ1v) is 11.5. The van der Waals surface area contributed by atoms with Gasteiger partial charge in [-0.15, -0.1) is 0 Å². The van der Waals surface area contributed by atoms with E-state index >= 15 is 0 Å². The molecule has 3 heterocycles. The Morgan fingerprint density at radius 2 is 1.85 bits per heavy atom. The lowest BCUT2D eigenvalue weighted by molar-refractivity contribution is -0.114. The minimum atomic E-state index is -0.552. The number of aliphatic imine (C=N–C) groups is 1. The molecular formula is C25H25ClN6O2. The normalized spacial score (nSPS) is 20.9. The van der Waals surface area contributed by atoms with E-state index in [9.17, 15) is 9.59 Å². The van der Waals surface area contributed by atoms with Crippen molar-refractivity contribution in [2.24, 2.45) is 30.7 Å². The van der Waals surface area contributed by atoms with Crippen molar-refractivity contribution in [1.82, 2.24) is 14.3 Å². The molecule has 2 N–H and O–H groups in total. The lowest BCUT2D eigenvalue weighted by Gasteiger charge is -2.25. The summed E-state index contributed by atoms with van der Waals surface area (Å²) in [5.41, 5.74) is 9.99. The predicted octanol–water partition coefficient (Wildman–Crippen LogP) is 3.56. The summed E-state index contributed by atoms with van der Waals surface area (Å²) in [6, 6.07) is 10.3. The van der Waals surface area contributed by atoms with Gasteiger partial charge in [-0.05, 0) is 49.4 Å². The van der Waals surface area contributed by atoms with Crippen molar-refractivity contribution in [3.05, 3.63) is 86.6 Å². The van der Waals surface area contributed by atoms with Gasteiger partial charge < -0.3 is 10.3 Å². The first-order valence-electron chi connectivity index (χ1n) is 11.1. The maximum Gasteiger partial charge on any atom is 0.262 e. The van der Waals surface area contributed by atoms with E-state index in [4.69, 9.17) is 22.3 Å². The molecule has 0 spiro atoms. The molecule has 2 fully saturated rings. The number of carbonyl (C=O) groups excluding carboxylic acids is 1. The molecule has 1 saturated heterocycles. The van der Waals surface area contributed by atoms with Crippen LogP contribution in [0.3, 0.4) is 0 Å². The van der Waals surface area contributed by atoms with Crippen LogP contribution in [0, 0.1) is 12.8 Å². The Morgan fingerprint density at radius 1 is 1.15 bits per heavy atom. The van der Waals surface area contributed by atoms with E-state index in [1.807, 2.05) is 12.1 Å². The molecule has 1 saturated carbocycles. The smallest absolute Gasteiger partial charge is 0.262 e. The highest BCUT2D eigenvalue weighted by Gasteiger charge is 2.46. The molecule has 34 heavy (non-hydrogen) atoms. The Kier molecular flexibility index (Phi) is 5.40. The Hall–Kier alpha value is -3.65. The van der Waals surface area contributed by atoms with Gasteiger partial charge in [-0.1, -0.05) is 23.7 Å². The van der Waals surface area contributed by atoms with E-state index in [2.05, 4.69) is 5.10 Å². The van der Waals surface area contributed by atoms with Gasteiger partial charge in [-0.3, -0.25) is 19.2 Å². The Morgan fingerprint density at radius 3 is 2.44 bits per heavy atom. The fourth-order valence-electron chi connectivity index (χ4n) is 4.40. The third-order valence-corrected chi connectivity index (χ3v) is 6.61. The number of nitrogens with zero attached hydrogens (tertiary/aromatic N) is 5. The number of amides is 1. The van der Waals surface area contributed by atoms with E-state index in [0.717, 1.165) is 18.4 Å². The van der Waals surface area contributed by atoms with Crippen LogP contribution in [0.5, 0.6) is 0 Å². The molecule has 1 atom stereocenters. The van der Waals surface area contributed by atoms with Gasteiger partial charge in [0.2, 0.25) is 0 Å². The lowest BCUT2D eigenvalue weighted by Crippen LogP contribution is -2.31. The lowest BCUT2D eigenvalue weighted by atomic mass is 9.98. The monoisotopic (exact) mass is 476 g/mol. The van der Waals surface area contributed by atoms with Crippen molar-refractivity contribution >= 4 is 34.7 Å². The number of aromatic nitrogens is 3. The van der Waals surface area contributed by atoms with Gasteiger partial charge in [0, 0.05) is 42.6 Å².